The summed E-state index contributed by atoms with van der Waals surface area (Å²) in [5.41, 5.74) is 8.14. The molecule has 2 fully saturated rings. The lowest BCUT2D eigenvalue weighted by Gasteiger charge is -2.43. The first-order valence-corrected chi connectivity index (χ1v) is 15.7. The number of carbonyl (C=O) groups is 3. The largest absolute Gasteiger partial charge is 0.388 e. The van der Waals surface area contributed by atoms with Crippen molar-refractivity contribution in [3.05, 3.63) is 71.4 Å². The Morgan fingerprint density at radius 3 is 2.34 bits per heavy atom. The molecule has 0 radical (unpaired) electrons. The van der Waals surface area contributed by atoms with E-state index in [1.165, 1.54) is 5.56 Å². The van der Waals surface area contributed by atoms with Gasteiger partial charge in [0, 0.05) is 58.4 Å². The van der Waals surface area contributed by atoms with Crippen LogP contribution in [0.25, 0.3) is 5.57 Å². The normalized spacial score (nSPS) is 19.9. The third-order valence-electron chi connectivity index (χ3n) is 9.40. The smallest absolute Gasteiger partial charge is 0.254 e. The Hall–Kier alpha value is -3.89. The average Bonchev–Trinajstić information content (AvgIpc) is 3.01. The number of piperidine rings is 1. The number of likely N-dealkylation sites (N-methyl/N-ethyl adjacent to an activating group) is 1. The summed E-state index contributed by atoms with van der Waals surface area (Å²) < 4.78 is 0. The summed E-state index contributed by atoms with van der Waals surface area (Å²) in [5, 5.41) is 14.6. The highest BCUT2D eigenvalue weighted by Crippen LogP contribution is 2.33. The van der Waals surface area contributed by atoms with Gasteiger partial charge in [-0.3, -0.25) is 14.4 Å². The first-order valence-electron chi connectivity index (χ1n) is 15.7. The molecule has 44 heavy (non-hydrogen) atoms. The summed E-state index contributed by atoms with van der Waals surface area (Å²) in [6, 6.07) is 15.5. The van der Waals surface area contributed by atoms with Gasteiger partial charge in [-0.1, -0.05) is 50.2 Å². The Labute approximate surface area is 260 Å². The fourth-order valence-corrected chi connectivity index (χ4v) is 6.50. The van der Waals surface area contributed by atoms with Crippen molar-refractivity contribution in [2.45, 2.75) is 44.6 Å². The number of β-amino-alcohol motifs (C(OH)–C–C–N with tert-alkyl or cyclic N) is 1. The maximum absolute atomic E-state index is 13.3. The van der Waals surface area contributed by atoms with Crippen LogP contribution in [-0.4, -0.2) is 103 Å². The molecule has 10 heteroatoms. The number of primary amides is 1. The Kier molecular flexibility index (Phi) is 9.60. The van der Waals surface area contributed by atoms with E-state index in [4.69, 9.17) is 5.73 Å². The molecule has 5 rings (SSSR count). The van der Waals surface area contributed by atoms with E-state index in [0.717, 1.165) is 26.2 Å². The van der Waals surface area contributed by atoms with Crippen LogP contribution >= 0.6 is 0 Å². The van der Waals surface area contributed by atoms with Gasteiger partial charge < -0.3 is 35.8 Å². The summed E-state index contributed by atoms with van der Waals surface area (Å²) in [6.07, 6.45) is 3.14. The Balaban J connectivity index is 1.28. The molecule has 3 aliphatic rings. The minimum Gasteiger partial charge on any atom is -0.388 e. The number of amides is 3. The van der Waals surface area contributed by atoms with Crippen LogP contribution in [0.2, 0.25) is 0 Å². The lowest BCUT2D eigenvalue weighted by atomic mass is 9.84. The van der Waals surface area contributed by atoms with E-state index in [-0.39, 0.29) is 24.4 Å². The van der Waals surface area contributed by atoms with Gasteiger partial charge in [-0.25, -0.2) is 0 Å². The first kappa shape index (κ1) is 31.5. The molecule has 2 aromatic rings. The monoisotopic (exact) mass is 602 g/mol. The molecule has 2 aromatic carbocycles. The Bertz CT molecular complexity index is 1380. The van der Waals surface area contributed by atoms with Gasteiger partial charge in [0.15, 0.2) is 0 Å². The zero-order chi connectivity index (χ0) is 31.4. The quantitative estimate of drug-likeness (QED) is 0.377. The standard InChI is InChI=1S/C34H46N6O4/c1-24(2)28(25-7-5-4-6-8-25)20-31(41)39-13-11-34(44,12-14-39)22-40-23-36-33(43)27-10-9-26(19-30(27)40)29(32(35)42)21-38-17-15-37(3)16-18-38/h4-10,19,21,24,28,44H,11-18,20,22-23H2,1-3H3,(H2,35,42)(H,36,43). The van der Waals surface area contributed by atoms with Crippen LogP contribution in [0.3, 0.4) is 0 Å². The highest BCUT2D eigenvalue weighted by atomic mass is 16.3. The van der Waals surface area contributed by atoms with Crippen LogP contribution < -0.4 is 16.0 Å². The van der Waals surface area contributed by atoms with Gasteiger partial charge in [-0.05, 0) is 55.0 Å². The number of nitrogens with two attached hydrogens (primary N) is 1. The summed E-state index contributed by atoms with van der Waals surface area (Å²) in [4.78, 5) is 46.8. The Morgan fingerprint density at radius 1 is 1.02 bits per heavy atom. The second-order valence-electron chi connectivity index (χ2n) is 12.9. The molecule has 236 valence electrons. The second-order valence-corrected chi connectivity index (χ2v) is 12.9. The number of hydrogen-bond donors (Lipinski definition) is 3. The Morgan fingerprint density at radius 2 is 1.70 bits per heavy atom. The van der Waals surface area contributed by atoms with Gasteiger partial charge in [0.1, 0.15) is 0 Å². The summed E-state index contributed by atoms with van der Waals surface area (Å²) >= 11 is 0. The zero-order valence-corrected chi connectivity index (χ0v) is 26.2. The van der Waals surface area contributed by atoms with E-state index < -0.39 is 11.5 Å². The maximum Gasteiger partial charge on any atom is 0.254 e. The van der Waals surface area contributed by atoms with E-state index in [1.807, 2.05) is 40.3 Å². The van der Waals surface area contributed by atoms with Crippen LogP contribution in [-0.2, 0) is 9.59 Å². The van der Waals surface area contributed by atoms with E-state index >= 15 is 0 Å². The van der Waals surface area contributed by atoms with Gasteiger partial charge >= 0.3 is 0 Å². The third-order valence-corrected chi connectivity index (χ3v) is 9.40. The van der Waals surface area contributed by atoms with Gasteiger partial charge in [-0.2, -0.15) is 0 Å². The minimum atomic E-state index is -1.04. The molecule has 3 aliphatic heterocycles. The van der Waals surface area contributed by atoms with Crippen LogP contribution in [0.4, 0.5) is 5.69 Å². The topological polar surface area (TPSA) is 122 Å². The lowest BCUT2D eigenvalue weighted by molar-refractivity contribution is -0.135. The van der Waals surface area contributed by atoms with Crippen molar-refractivity contribution in [2.75, 3.05) is 64.4 Å². The van der Waals surface area contributed by atoms with Crippen molar-refractivity contribution >= 4 is 29.0 Å². The van der Waals surface area contributed by atoms with Crippen molar-refractivity contribution in [3.8, 4) is 0 Å². The van der Waals surface area contributed by atoms with Gasteiger partial charge in [0.25, 0.3) is 11.8 Å². The number of fused-ring (bicyclic) bond motifs is 1. The molecule has 1 unspecified atom stereocenters. The van der Waals surface area contributed by atoms with Crippen molar-refractivity contribution in [3.63, 3.8) is 0 Å². The molecular formula is C34H46N6O4. The third kappa shape index (κ3) is 7.25. The number of nitrogens with one attached hydrogen (secondary N) is 1. The maximum atomic E-state index is 13.3. The molecule has 0 bridgehead atoms. The fraction of sp³-hybridized carbons (Fsp3) is 0.500. The highest BCUT2D eigenvalue weighted by Gasteiger charge is 2.38. The molecule has 0 aromatic heterocycles. The van der Waals surface area contributed by atoms with Crippen LogP contribution in [0.15, 0.2) is 54.7 Å². The summed E-state index contributed by atoms with van der Waals surface area (Å²) in [6.45, 7) is 9.15. The molecule has 4 N–H and O–H groups in total. The highest BCUT2D eigenvalue weighted by molar-refractivity contribution is 6.19. The van der Waals surface area contributed by atoms with Crippen molar-refractivity contribution in [2.24, 2.45) is 11.7 Å². The fourth-order valence-electron chi connectivity index (χ4n) is 6.50. The van der Waals surface area contributed by atoms with Gasteiger partial charge in [0.05, 0.1) is 29.1 Å². The molecule has 3 amide bonds. The number of nitrogens with zero attached hydrogens (tertiary/aromatic N) is 4. The van der Waals surface area contributed by atoms with E-state index in [2.05, 4.69) is 48.1 Å². The number of rotatable bonds is 9. The SMILES string of the molecule is CC(C)C(CC(=O)N1CCC(O)(CN2CNC(=O)c3ccc(C(=CN4CCN(C)CC4)C(N)=O)cc32)CC1)c1ccccc1. The molecule has 2 saturated heterocycles. The van der Waals surface area contributed by atoms with Crippen molar-refractivity contribution in [1.29, 1.82) is 0 Å². The first-order chi connectivity index (χ1) is 21.0. The lowest BCUT2D eigenvalue weighted by Crippen LogP contribution is -2.55. The minimum absolute atomic E-state index is 0.112. The summed E-state index contributed by atoms with van der Waals surface area (Å²) in [5.74, 6) is -0.145. The molecule has 10 nitrogen and oxygen atoms in total. The number of carbonyl (C=O) groups excluding carboxylic acids is 3. The van der Waals surface area contributed by atoms with Gasteiger partial charge in [0.2, 0.25) is 5.91 Å². The predicted octanol–water partition coefficient (Wildman–Crippen LogP) is 2.45. The van der Waals surface area contributed by atoms with Crippen LogP contribution in [0.1, 0.15) is 60.5 Å². The molecule has 1 atom stereocenters. The number of likely N-dealkylation sites (tertiary alicyclic amines) is 1. The number of aliphatic hydroxyl groups is 1. The summed E-state index contributed by atoms with van der Waals surface area (Å²) in [7, 11) is 2.07. The molecule has 0 spiro atoms. The average molecular weight is 603 g/mol. The molecule has 3 heterocycles. The molecular weight excluding hydrogens is 556 g/mol. The van der Waals surface area contributed by atoms with Crippen molar-refractivity contribution in [1.82, 2.24) is 20.0 Å². The van der Waals surface area contributed by atoms with E-state index in [9.17, 15) is 19.5 Å². The number of benzene rings is 2. The molecule has 0 saturated carbocycles. The number of hydrogen-bond acceptors (Lipinski definition) is 7. The van der Waals surface area contributed by atoms with Crippen LogP contribution in [0.5, 0.6) is 0 Å². The van der Waals surface area contributed by atoms with Gasteiger partial charge in [-0.15, -0.1) is 0 Å². The van der Waals surface area contributed by atoms with Crippen molar-refractivity contribution < 1.29 is 19.5 Å². The van der Waals surface area contributed by atoms with E-state index in [0.29, 0.717) is 67.2 Å². The second kappa shape index (κ2) is 13.4. The number of anilines is 1. The molecule has 0 aliphatic carbocycles. The predicted molar refractivity (Wildman–Crippen MR) is 172 cm³/mol. The number of piperazine rings is 1. The van der Waals surface area contributed by atoms with E-state index in [1.54, 1.807) is 12.1 Å². The van der Waals surface area contributed by atoms with Crippen LogP contribution in [0, 0.1) is 5.92 Å². The zero-order valence-electron chi connectivity index (χ0n) is 26.2.